The lowest BCUT2D eigenvalue weighted by atomic mass is 9.83. The fourth-order valence-corrected chi connectivity index (χ4v) is 3.89. The standard InChI is InChI=1S/C19H17NO4/c21-17-15-16(12-7-3-1-4-8-12)20(13-9-5-2-6-10-13)24-18(15)14-11-22-19(17)23-14/h1-10,14-16,18-19H,11H2/t14-,15+,16-,18-,19-/m1/s1. The van der Waals surface area contributed by atoms with Crippen LogP contribution in [0.4, 0.5) is 5.69 Å². The average Bonchev–Trinajstić information content (AvgIpc) is 3.25. The number of carbonyl (C=O) groups excluding carboxylic acids is 1. The largest absolute Gasteiger partial charge is 0.343 e. The lowest BCUT2D eigenvalue weighted by Gasteiger charge is -2.29. The molecule has 0 unspecified atom stereocenters. The van der Waals surface area contributed by atoms with Crippen molar-refractivity contribution in [2.45, 2.75) is 24.5 Å². The van der Waals surface area contributed by atoms with Gasteiger partial charge >= 0.3 is 0 Å². The van der Waals surface area contributed by atoms with Crippen LogP contribution in [0.5, 0.6) is 0 Å². The molecule has 0 amide bonds. The van der Waals surface area contributed by atoms with Gasteiger partial charge in [0.05, 0.1) is 24.3 Å². The summed E-state index contributed by atoms with van der Waals surface area (Å²) in [6, 6.07) is 19.7. The molecule has 0 aromatic heterocycles. The van der Waals surface area contributed by atoms with E-state index in [1.165, 1.54) is 0 Å². The van der Waals surface area contributed by atoms with Crippen LogP contribution in [0.1, 0.15) is 11.6 Å². The Hall–Kier alpha value is -2.21. The monoisotopic (exact) mass is 323 g/mol. The molecule has 0 radical (unpaired) electrons. The van der Waals surface area contributed by atoms with Crippen molar-refractivity contribution in [2.75, 3.05) is 11.7 Å². The van der Waals surface area contributed by atoms with E-state index in [0.29, 0.717) is 6.61 Å². The second-order valence-corrected chi connectivity index (χ2v) is 6.35. The molecule has 5 atom stereocenters. The molecule has 5 heteroatoms. The average molecular weight is 323 g/mol. The number of carbonyl (C=O) groups is 1. The summed E-state index contributed by atoms with van der Waals surface area (Å²) in [6.45, 7) is 0.404. The van der Waals surface area contributed by atoms with Crippen molar-refractivity contribution in [3.8, 4) is 0 Å². The van der Waals surface area contributed by atoms with Gasteiger partial charge in [0.2, 0.25) is 6.29 Å². The number of ether oxygens (including phenoxy) is 2. The van der Waals surface area contributed by atoms with Crippen LogP contribution in [-0.2, 0) is 19.1 Å². The first kappa shape index (κ1) is 14.2. The zero-order chi connectivity index (χ0) is 16.1. The van der Waals surface area contributed by atoms with Crippen LogP contribution in [-0.4, -0.2) is 30.9 Å². The summed E-state index contributed by atoms with van der Waals surface area (Å²) in [6.07, 6.45) is -1.26. The van der Waals surface area contributed by atoms with Crippen LogP contribution in [0.2, 0.25) is 0 Å². The molecule has 0 N–H and O–H groups in total. The van der Waals surface area contributed by atoms with Gasteiger partial charge in [-0.05, 0) is 17.7 Å². The molecule has 24 heavy (non-hydrogen) atoms. The van der Waals surface area contributed by atoms with Gasteiger partial charge in [0.1, 0.15) is 12.2 Å². The first-order valence-corrected chi connectivity index (χ1v) is 8.20. The highest BCUT2D eigenvalue weighted by atomic mass is 16.8. The van der Waals surface area contributed by atoms with Gasteiger partial charge in [0.15, 0.2) is 5.78 Å². The molecule has 3 fully saturated rings. The number of ketones is 1. The summed E-state index contributed by atoms with van der Waals surface area (Å²) in [7, 11) is 0. The molecule has 2 bridgehead atoms. The number of para-hydroxylation sites is 1. The fraction of sp³-hybridized carbons (Fsp3) is 0.316. The Kier molecular flexibility index (Phi) is 3.19. The molecule has 5 rings (SSSR count). The van der Waals surface area contributed by atoms with Crippen LogP contribution in [0.25, 0.3) is 0 Å². The fourth-order valence-electron chi connectivity index (χ4n) is 3.89. The first-order valence-electron chi connectivity index (χ1n) is 8.20. The van der Waals surface area contributed by atoms with Crippen LogP contribution in [0.3, 0.4) is 0 Å². The number of hydrogen-bond acceptors (Lipinski definition) is 5. The summed E-state index contributed by atoms with van der Waals surface area (Å²) in [5.74, 6) is -0.320. The maximum absolute atomic E-state index is 12.9. The van der Waals surface area contributed by atoms with E-state index in [1.54, 1.807) is 0 Å². The number of nitrogens with zero attached hydrogens (tertiary/aromatic N) is 1. The summed E-state index contributed by atoms with van der Waals surface area (Å²) in [5, 5.41) is 1.87. The van der Waals surface area contributed by atoms with Gasteiger partial charge in [-0.3, -0.25) is 9.63 Å². The van der Waals surface area contributed by atoms with E-state index in [1.807, 2.05) is 65.7 Å². The van der Waals surface area contributed by atoms with E-state index < -0.39 is 6.29 Å². The molecule has 3 aliphatic rings. The predicted octanol–water partition coefficient (Wildman–Crippen LogP) is 2.49. The van der Waals surface area contributed by atoms with Gasteiger partial charge < -0.3 is 9.47 Å². The van der Waals surface area contributed by atoms with Gasteiger partial charge in [0, 0.05) is 0 Å². The number of hydroxylamine groups is 1. The zero-order valence-electron chi connectivity index (χ0n) is 12.9. The Labute approximate surface area is 139 Å². The molecule has 3 heterocycles. The van der Waals surface area contributed by atoms with Crippen molar-refractivity contribution < 1.29 is 19.1 Å². The lowest BCUT2D eigenvalue weighted by Crippen LogP contribution is -2.46. The van der Waals surface area contributed by atoms with E-state index in [4.69, 9.17) is 14.3 Å². The number of Topliss-reactive ketones (excluding diaryl/α,β-unsaturated/α-hetero) is 1. The van der Waals surface area contributed by atoms with E-state index >= 15 is 0 Å². The van der Waals surface area contributed by atoms with Crippen molar-refractivity contribution in [3.63, 3.8) is 0 Å². The van der Waals surface area contributed by atoms with Crippen molar-refractivity contribution in [1.29, 1.82) is 0 Å². The molecule has 0 aliphatic carbocycles. The maximum Gasteiger partial charge on any atom is 0.218 e. The summed E-state index contributed by atoms with van der Waals surface area (Å²) >= 11 is 0. The van der Waals surface area contributed by atoms with Crippen molar-refractivity contribution in [2.24, 2.45) is 5.92 Å². The molecule has 122 valence electrons. The van der Waals surface area contributed by atoms with Gasteiger partial charge in [-0.2, -0.15) is 0 Å². The molecule has 0 saturated carbocycles. The Morgan fingerprint density at radius 1 is 0.958 bits per heavy atom. The van der Waals surface area contributed by atoms with Crippen molar-refractivity contribution in [1.82, 2.24) is 0 Å². The molecular weight excluding hydrogens is 306 g/mol. The van der Waals surface area contributed by atoms with Crippen LogP contribution >= 0.6 is 0 Å². The normalized spacial score (nSPS) is 34.4. The highest BCUT2D eigenvalue weighted by Gasteiger charge is 2.59. The Balaban J connectivity index is 1.62. The summed E-state index contributed by atoms with van der Waals surface area (Å²) in [4.78, 5) is 19.1. The Bertz CT molecular complexity index is 750. The minimum absolute atomic E-state index is 0.0268. The van der Waals surface area contributed by atoms with Crippen LogP contribution in [0.15, 0.2) is 60.7 Å². The first-order chi connectivity index (χ1) is 11.8. The number of fused-ring (bicyclic) bond motifs is 4. The number of anilines is 1. The third-order valence-electron chi connectivity index (χ3n) is 4.97. The second kappa shape index (κ2) is 5.41. The summed E-state index contributed by atoms with van der Waals surface area (Å²) in [5.41, 5.74) is 1.99. The quantitative estimate of drug-likeness (QED) is 0.850. The van der Waals surface area contributed by atoms with E-state index in [0.717, 1.165) is 11.3 Å². The van der Waals surface area contributed by atoms with E-state index in [-0.39, 0.29) is 30.0 Å². The number of rotatable bonds is 2. The molecular formula is C19H17NO4. The van der Waals surface area contributed by atoms with Gasteiger partial charge in [-0.15, -0.1) is 0 Å². The third-order valence-corrected chi connectivity index (χ3v) is 4.97. The Morgan fingerprint density at radius 2 is 1.67 bits per heavy atom. The highest BCUT2D eigenvalue weighted by Crippen LogP contribution is 2.48. The maximum atomic E-state index is 12.9. The predicted molar refractivity (Wildman–Crippen MR) is 86.1 cm³/mol. The van der Waals surface area contributed by atoms with Gasteiger partial charge in [-0.25, -0.2) is 5.06 Å². The van der Waals surface area contributed by atoms with E-state index in [9.17, 15) is 4.79 Å². The Morgan fingerprint density at radius 3 is 2.42 bits per heavy atom. The van der Waals surface area contributed by atoms with Crippen molar-refractivity contribution in [3.05, 3.63) is 66.2 Å². The van der Waals surface area contributed by atoms with E-state index in [2.05, 4.69) is 0 Å². The zero-order valence-corrected chi connectivity index (χ0v) is 12.9. The minimum atomic E-state index is -0.748. The summed E-state index contributed by atoms with van der Waals surface area (Å²) < 4.78 is 11.1. The number of benzene rings is 2. The lowest BCUT2D eigenvalue weighted by molar-refractivity contribution is -0.169. The van der Waals surface area contributed by atoms with Gasteiger partial charge in [0.25, 0.3) is 0 Å². The second-order valence-electron chi connectivity index (χ2n) is 6.35. The van der Waals surface area contributed by atoms with Crippen LogP contribution < -0.4 is 5.06 Å². The van der Waals surface area contributed by atoms with Crippen LogP contribution in [0, 0.1) is 5.92 Å². The molecule has 2 aromatic rings. The molecule has 3 aliphatic heterocycles. The molecule has 3 saturated heterocycles. The smallest absolute Gasteiger partial charge is 0.218 e. The SMILES string of the molecule is O=C1[C@@H]2OC[C@@H](O2)[C@H]2ON(c3ccccc3)[C@H](c3ccccc3)[C@@H]12. The topological polar surface area (TPSA) is 48.0 Å². The number of hydrogen-bond donors (Lipinski definition) is 0. The van der Waals surface area contributed by atoms with Crippen molar-refractivity contribution >= 4 is 11.5 Å². The third kappa shape index (κ3) is 2.02. The highest BCUT2D eigenvalue weighted by molar-refractivity contribution is 5.88. The molecule has 5 nitrogen and oxygen atoms in total. The minimum Gasteiger partial charge on any atom is -0.343 e. The molecule has 2 aromatic carbocycles. The van der Waals surface area contributed by atoms with Gasteiger partial charge in [-0.1, -0.05) is 48.5 Å². The molecule has 0 spiro atoms.